The summed E-state index contributed by atoms with van der Waals surface area (Å²) in [6.07, 6.45) is 1.47. The molecule has 1 aromatic heterocycles. The second kappa shape index (κ2) is 9.23. The maximum absolute atomic E-state index is 14.0. The molecule has 9 heteroatoms. The molecule has 0 saturated carbocycles. The molecule has 1 N–H and O–H groups in total. The van der Waals surface area contributed by atoms with Crippen molar-refractivity contribution in [3.8, 4) is 5.75 Å². The molecule has 8 nitrogen and oxygen atoms in total. The van der Waals surface area contributed by atoms with Gasteiger partial charge in [-0.05, 0) is 67.3 Å². The molecule has 0 bridgehead atoms. The van der Waals surface area contributed by atoms with E-state index < -0.39 is 11.9 Å². The highest BCUT2D eigenvalue weighted by molar-refractivity contribution is 6.05. The molecule has 3 amide bonds. The van der Waals surface area contributed by atoms with Gasteiger partial charge in [-0.15, -0.1) is 0 Å². The first-order valence-electron chi connectivity index (χ1n) is 12.6. The molecule has 190 valence electrons. The van der Waals surface area contributed by atoms with Crippen molar-refractivity contribution >= 4 is 28.6 Å². The van der Waals surface area contributed by atoms with Crippen LogP contribution in [0, 0.1) is 12.7 Å². The Morgan fingerprint density at radius 1 is 1.11 bits per heavy atom. The number of piperidine rings is 1. The van der Waals surface area contributed by atoms with Gasteiger partial charge in [0.2, 0.25) is 11.8 Å². The van der Waals surface area contributed by atoms with E-state index in [0.29, 0.717) is 30.0 Å². The molecular weight excluding hydrogens is 475 g/mol. The summed E-state index contributed by atoms with van der Waals surface area (Å²) in [5.74, 6) is -0.499. The van der Waals surface area contributed by atoms with E-state index in [1.54, 1.807) is 24.0 Å². The van der Waals surface area contributed by atoms with Crippen LogP contribution < -0.4 is 10.1 Å². The van der Waals surface area contributed by atoms with Crippen molar-refractivity contribution in [3.63, 3.8) is 0 Å². The minimum absolute atomic E-state index is 0.0172. The number of amides is 3. The summed E-state index contributed by atoms with van der Waals surface area (Å²) in [4.78, 5) is 44.8. The van der Waals surface area contributed by atoms with Crippen LogP contribution in [-0.4, -0.2) is 57.7 Å². The van der Waals surface area contributed by atoms with Gasteiger partial charge in [-0.3, -0.25) is 29.6 Å². The summed E-state index contributed by atoms with van der Waals surface area (Å²) >= 11 is 0. The number of ether oxygens (including phenoxy) is 1. The van der Waals surface area contributed by atoms with E-state index in [-0.39, 0.29) is 30.2 Å². The molecule has 2 aromatic carbocycles. The number of fused-ring (bicyclic) bond motifs is 2. The third-order valence-corrected chi connectivity index (χ3v) is 7.44. The third-order valence-electron chi connectivity index (χ3n) is 7.44. The summed E-state index contributed by atoms with van der Waals surface area (Å²) in [7, 11) is 0. The number of rotatable bonds is 5. The molecule has 0 spiro atoms. The van der Waals surface area contributed by atoms with Crippen molar-refractivity contribution in [3.05, 3.63) is 70.7 Å². The number of hydrogen-bond acceptors (Lipinski definition) is 6. The Balaban J connectivity index is 1.08. The summed E-state index contributed by atoms with van der Waals surface area (Å²) in [5.41, 5.74) is 3.69. The van der Waals surface area contributed by atoms with Crippen LogP contribution in [0.2, 0.25) is 0 Å². The zero-order chi connectivity index (χ0) is 25.7. The number of halogens is 1. The lowest BCUT2D eigenvalue weighted by atomic mass is 10.0. The fourth-order valence-corrected chi connectivity index (χ4v) is 5.51. The predicted molar refractivity (Wildman–Crippen MR) is 133 cm³/mol. The molecule has 2 atom stereocenters. The van der Waals surface area contributed by atoms with Crippen LogP contribution in [0.5, 0.6) is 5.75 Å². The zero-order valence-corrected chi connectivity index (χ0v) is 20.5. The van der Waals surface area contributed by atoms with E-state index in [1.807, 2.05) is 24.3 Å². The molecule has 4 heterocycles. The van der Waals surface area contributed by atoms with Gasteiger partial charge in [0.1, 0.15) is 23.7 Å². The van der Waals surface area contributed by atoms with Crippen molar-refractivity contribution in [2.24, 2.45) is 0 Å². The molecular formula is C28H27FN4O4. The molecule has 1 unspecified atom stereocenters. The lowest BCUT2D eigenvalue weighted by Gasteiger charge is -2.29. The van der Waals surface area contributed by atoms with Crippen LogP contribution >= 0.6 is 0 Å². The first kappa shape index (κ1) is 23.5. The van der Waals surface area contributed by atoms with E-state index in [2.05, 4.69) is 15.2 Å². The van der Waals surface area contributed by atoms with Crippen LogP contribution in [0.1, 0.15) is 46.4 Å². The van der Waals surface area contributed by atoms with Gasteiger partial charge in [-0.1, -0.05) is 6.07 Å². The number of nitrogens with one attached hydrogen (secondary N) is 1. The van der Waals surface area contributed by atoms with E-state index in [4.69, 9.17) is 4.74 Å². The first-order valence-corrected chi connectivity index (χ1v) is 12.6. The highest BCUT2D eigenvalue weighted by atomic mass is 19.1. The van der Waals surface area contributed by atoms with Gasteiger partial charge in [-0.2, -0.15) is 0 Å². The van der Waals surface area contributed by atoms with E-state index in [0.717, 1.165) is 48.1 Å². The average Bonchev–Trinajstić information content (AvgIpc) is 3.43. The Hall–Kier alpha value is -3.85. The molecule has 0 aliphatic carbocycles. The van der Waals surface area contributed by atoms with Crippen LogP contribution in [0.15, 0.2) is 42.5 Å². The SMILES string of the molecule is Cc1nc2ccc(CN3CC[C@H](Oc4ccc5c(c4)CN(C4CCC(=O)NC4=O)C5=O)C3)cc2cc1F. The number of likely N-dealkylation sites (tertiary alicyclic amines) is 1. The number of pyridine rings is 1. The smallest absolute Gasteiger partial charge is 0.255 e. The monoisotopic (exact) mass is 502 g/mol. The molecule has 2 saturated heterocycles. The lowest BCUT2D eigenvalue weighted by Crippen LogP contribution is -2.52. The average molecular weight is 503 g/mol. The van der Waals surface area contributed by atoms with Gasteiger partial charge in [0.05, 0.1) is 11.2 Å². The van der Waals surface area contributed by atoms with Crippen molar-refractivity contribution in [2.45, 2.75) is 51.4 Å². The fraction of sp³-hybridized carbons (Fsp3) is 0.357. The van der Waals surface area contributed by atoms with Gasteiger partial charge in [0.15, 0.2) is 0 Å². The standard InChI is InChI=1S/C28H27FN4O4/c1-16-23(29)12-18-10-17(2-5-24(18)30-16)13-32-9-8-21(15-32)37-20-3-4-22-19(11-20)14-33(28(22)36)25-6-7-26(34)31-27(25)35/h2-5,10-12,21,25H,6-9,13-15H2,1H3,(H,31,34,35)/t21-,25?/m0/s1. The van der Waals surface area contributed by atoms with Crippen molar-refractivity contribution < 1.29 is 23.5 Å². The fourth-order valence-electron chi connectivity index (χ4n) is 5.51. The number of hydrogen-bond donors (Lipinski definition) is 1. The molecule has 2 fully saturated rings. The Bertz CT molecular complexity index is 1440. The lowest BCUT2D eigenvalue weighted by molar-refractivity contribution is -0.136. The van der Waals surface area contributed by atoms with Gasteiger partial charge < -0.3 is 9.64 Å². The van der Waals surface area contributed by atoms with Crippen LogP contribution in [-0.2, 0) is 22.7 Å². The maximum Gasteiger partial charge on any atom is 0.255 e. The van der Waals surface area contributed by atoms with Gasteiger partial charge >= 0.3 is 0 Å². The van der Waals surface area contributed by atoms with E-state index in [1.165, 1.54) is 6.07 Å². The quantitative estimate of drug-likeness (QED) is 0.539. The van der Waals surface area contributed by atoms with Crippen molar-refractivity contribution in [2.75, 3.05) is 13.1 Å². The third kappa shape index (κ3) is 4.55. The predicted octanol–water partition coefficient (Wildman–Crippen LogP) is 3.10. The van der Waals surface area contributed by atoms with Crippen LogP contribution in [0.3, 0.4) is 0 Å². The Morgan fingerprint density at radius 2 is 1.97 bits per heavy atom. The first-order chi connectivity index (χ1) is 17.8. The second-order valence-electron chi connectivity index (χ2n) is 10.1. The molecule has 3 aromatic rings. The zero-order valence-electron chi connectivity index (χ0n) is 20.5. The number of carbonyl (C=O) groups is 3. The summed E-state index contributed by atoms with van der Waals surface area (Å²) < 4.78 is 20.2. The second-order valence-corrected chi connectivity index (χ2v) is 10.1. The van der Waals surface area contributed by atoms with Crippen molar-refractivity contribution in [1.82, 2.24) is 20.1 Å². The number of carbonyl (C=O) groups excluding carboxylic acids is 3. The van der Waals surface area contributed by atoms with Crippen molar-refractivity contribution in [1.29, 1.82) is 0 Å². The highest BCUT2D eigenvalue weighted by Gasteiger charge is 2.39. The Kier molecular flexibility index (Phi) is 5.87. The van der Waals surface area contributed by atoms with Crippen LogP contribution in [0.4, 0.5) is 4.39 Å². The van der Waals surface area contributed by atoms with Gasteiger partial charge in [-0.25, -0.2) is 4.39 Å². The summed E-state index contributed by atoms with van der Waals surface area (Å²) in [6.45, 7) is 4.38. The van der Waals surface area contributed by atoms with Gasteiger partial charge in [0.25, 0.3) is 5.91 Å². The molecule has 3 aliphatic heterocycles. The summed E-state index contributed by atoms with van der Waals surface area (Å²) in [6, 6.07) is 12.3. The normalized spacial score (nSPS) is 22.0. The molecule has 3 aliphatic rings. The number of aromatic nitrogens is 1. The topological polar surface area (TPSA) is 91.8 Å². The molecule has 6 rings (SSSR count). The van der Waals surface area contributed by atoms with E-state index >= 15 is 0 Å². The minimum atomic E-state index is -0.628. The number of aryl methyl sites for hydroxylation is 1. The molecule has 0 radical (unpaired) electrons. The summed E-state index contributed by atoms with van der Waals surface area (Å²) in [5, 5.41) is 3.12. The minimum Gasteiger partial charge on any atom is -0.489 e. The Morgan fingerprint density at radius 3 is 2.81 bits per heavy atom. The molecule has 37 heavy (non-hydrogen) atoms. The number of imide groups is 1. The largest absolute Gasteiger partial charge is 0.489 e. The van der Waals surface area contributed by atoms with E-state index in [9.17, 15) is 18.8 Å². The number of nitrogens with zero attached hydrogens (tertiary/aromatic N) is 3. The van der Waals surface area contributed by atoms with Crippen LogP contribution in [0.25, 0.3) is 10.9 Å². The number of benzene rings is 2. The Labute approximate surface area is 213 Å². The van der Waals surface area contributed by atoms with Gasteiger partial charge in [0, 0.05) is 43.5 Å². The highest BCUT2D eigenvalue weighted by Crippen LogP contribution is 2.31. The maximum atomic E-state index is 14.0.